The summed E-state index contributed by atoms with van der Waals surface area (Å²) in [5.41, 5.74) is 5.71. The Morgan fingerprint density at radius 3 is 2.18 bits per heavy atom. The van der Waals surface area contributed by atoms with Gasteiger partial charge in [0, 0.05) is 10.6 Å². The van der Waals surface area contributed by atoms with E-state index in [9.17, 15) is 22.2 Å². The molecule has 0 saturated heterocycles. The summed E-state index contributed by atoms with van der Waals surface area (Å²) < 4.78 is 49.0. The van der Waals surface area contributed by atoms with Gasteiger partial charge in [-0.25, -0.2) is 4.21 Å². The van der Waals surface area contributed by atoms with Crippen LogP contribution in [0.25, 0.3) is 0 Å². The van der Waals surface area contributed by atoms with E-state index in [1.165, 1.54) is 29.0 Å². The zero-order valence-corrected chi connectivity index (χ0v) is 9.27. The molecule has 1 amide bonds. The van der Waals surface area contributed by atoms with Gasteiger partial charge in [0.1, 0.15) is 0 Å². The third kappa shape index (κ3) is 3.38. The average Bonchev–Trinajstić information content (AvgIpc) is 2.16. The van der Waals surface area contributed by atoms with Crippen LogP contribution in [0.2, 0.25) is 0 Å². The van der Waals surface area contributed by atoms with Gasteiger partial charge in [-0.3, -0.25) is 9.52 Å². The van der Waals surface area contributed by atoms with Crippen LogP contribution in [0.1, 0.15) is 0 Å². The second-order valence-corrected chi connectivity index (χ2v) is 5.20. The fourth-order valence-corrected chi connectivity index (χ4v) is 2.06. The summed E-state index contributed by atoms with van der Waals surface area (Å²) in [5, 5.41) is 0. The summed E-state index contributed by atoms with van der Waals surface area (Å²) in [5.74, 6) is 0.781. The molecule has 1 rings (SSSR count). The van der Waals surface area contributed by atoms with E-state index in [1.807, 2.05) is 0 Å². The molecule has 0 aromatic heterocycles. The van der Waals surface area contributed by atoms with Crippen molar-refractivity contribution in [2.45, 2.75) is 11.1 Å². The van der Waals surface area contributed by atoms with Gasteiger partial charge in [-0.15, -0.1) is 0 Å². The van der Waals surface area contributed by atoms with Crippen molar-refractivity contribution in [3.63, 3.8) is 0 Å². The summed E-state index contributed by atoms with van der Waals surface area (Å²) in [6.07, 6.45) is -5.10. The molecule has 17 heavy (non-hydrogen) atoms. The number of halogens is 3. The standard InChI is InChI=1S/C9H9F3N2O2S/c1-17(16,14-8(15)9(10,11)12)7-4-2-6(13)3-5-7/h2-5H,1,13H2,(H,14,15,16). The number of benzene rings is 1. The van der Waals surface area contributed by atoms with Crippen molar-refractivity contribution in [1.29, 1.82) is 0 Å². The van der Waals surface area contributed by atoms with E-state index in [4.69, 9.17) is 5.73 Å². The van der Waals surface area contributed by atoms with Gasteiger partial charge in [-0.1, -0.05) is 0 Å². The van der Waals surface area contributed by atoms with Crippen LogP contribution in [0.5, 0.6) is 0 Å². The van der Waals surface area contributed by atoms with Crippen LogP contribution in [-0.2, 0) is 14.5 Å². The largest absolute Gasteiger partial charge is 0.472 e. The predicted molar refractivity (Wildman–Crippen MR) is 58.6 cm³/mol. The number of nitrogens with two attached hydrogens (primary N) is 1. The Labute approximate surface area is 95.8 Å². The second-order valence-electron chi connectivity index (χ2n) is 3.17. The molecule has 0 aliphatic carbocycles. The minimum atomic E-state index is -5.10. The van der Waals surface area contributed by atoms with Gasteiger partial charge in [0.05, 0.1) is 9.71 Å². The minimum Gasteiger partial charge on any atom is -0.399 e. The van der Waals surface area contributed by atoms with Crippen LogP contribution < -0.4 is 10.5 Å². The lowest BCUT2D eigenvalue weighted by Gasteiger charge is -2.13. The molecule has 0 aliphatic rings. The number of carbonyl (C=O) groups is 1. The molecule has 4 nitrogen and oxygen atoms in total. The van der Waals surface area contributed by atoms with E-state index in [2.05, 4.69) is 5.87 Å². The maximum atomic E-state index is 12.0. The number of amides is 1. The SMILES string of the molecule is C=S(=O)(NC(=O)C(F)(F)F)c1ccc(N)cc1. The quantitative estimate of drug-likeness (QED) is 0.618. The molecular formula is C9H9F3N2O2S. The first-order chi connectivity index (χ1) is 7.63. The van der Waals surface area contributed by atoms with Crippen LogP contribution in [0, 0.1) is 0 Å². The fraction of sp³-hybridized carbons (Fsp3) is 0.111. The summed E-state index contributed by atoms with van der Waals surface area (Å²) in [6, 6.07) is 5.17. The lowest BCUT2D eigenvalue weighted by atomic mass is 10.3. The van der Waals surface area contributed by atoms with E-state index < -0.39 is 21.8 Å². The van der Waals surface area contributed by atoms with Gasteiger partial charge < -0.3 is 5.73 Å². The molecular weight excluding hydrogens is 257 g/mol. The molecule has 0 saturated carbocycles. The van der Waals surface area contributed by atoms with Crippen molar-refractivity contribution < 1.29 is 22.2 Å². The highest BCUT2D eigenvalue weighted by molar-refractivity contribution is 7.99. The van der Waals surface area contributed by atoms with Crippen molar-refractivity contribution in [1.82, 2.24) is 4.72 Å². The third-order valence-corrected chi connectivity index (χ3v) is 3.32. The van der Waals surface area contributed by atoms with Crippen molar-refractivity contribution in [3.05, 3.63) is 24.3 Å². The maximum Gasteiger partial charge on any atom is 0.472 e. The zero-order valence-electron chi connectivity index (χ0n) is 8.45. The Hall–Kier alpha value is -1.70. The number of nitrogen functional groups attached to an aromatic ring is 1. The molecule has 0 heterocycles. The highest BCUT2D eigenvalue weighted by atomic mass is 32.2. The molecule has 1 aromatic rings. The van der Waals surface area contributed by atoms with Crippen molar-refractivity contribution in [2.75, 3.05) is 5.73 Å². The normalized spacial score (nSPS) is 15.0. The lowest BCUT2D eigenvalue weighted by molar-refractivity contribution is -0.171. The maximum absolute atomic E-state index is 12.0. The average molecular weight is 266 g/mol. The van der Waals surface area contributed by atoms with E-state index >= 15 is 0 Å². The smallest absolute Gasteiger partial charge is 0.399 e. The highest BCUT2D eigenvalue weighted by Gasteiger charge is 2.40. The van der Waals surface area contributed by atoms with Crippen molar-refractivity contribution >= 4 is 27.2 Å². The topological polar surface area (TPSA) is 72.2 Å². The molecule has 0 aliphatic heterocycles. The Balaban J connectivity index is 2.98. The van der Waals surface area contributed by atoms with Crippen LogP contribution in [0.3, 0.4) is 0 Å². The Morgan fingerprint density at radius 2 is 1.76 bits per heavy atom. The summed E-state index contributed by atoms with van der Waals surface area (Å²) in [4.78, 5) is 10.6. The van der Waals surface area contributed by atoms with Crippen molar-refractivity contribution in [3.8, 4) is 0 Å². The molecule has 0 radical (unpaired) electrons. The number of rotatable bonds is 2. The van der Waals surface area contributed by atoms with Gasteiger partial charge in [0.15, 0.2) is 0 Å². The first kappa shape index (κ1) is 13.4. The molecule has 0 bridgehead atoms. The fourth-order valence-electron chi connectivity index (χ4n) is 0.954. The van der Waals surface area contributed by atoms with Gasteiger partial charge in [0.25, 0.3) is 0 Å². The number of alkyl halides is 3. The number of carbonyl (C=O) groups excluding carboxylic acids is 1. The molecule has 1 atom stereocenters. The molecule has 8 heteroatoms. The van der Waals surface area contributed by atoms with Gasteiger partial charge in [0.2, 0.25) is 0 Å². The van der Waals surface area contributed by atoms with Crippen LogP contribution in [0.15, 0.2) is 29.2 Å². The Morgan fingerprint density at radius 1 is 1.29 bits per heavy atom. The highest BCUT2D eigenvalue weighted by Crippen LogP contribution is 2.17. The van der Waals surface area contributed by atoms with Gasteiger partial charge in [-0.05, 0) is 30.1 Å². The number of hydrogen-bond acceptors (Lipinski definition) is 3. The zero-order chi connectivity index (χ0) is 13.3. The summed E-state index contributed by atoms with van der Waals surface area (Å²) >= 11 is 0. The Kier molecular flexibility index (Phi) is 3.37. The summed E-state index contributed by atoms with van der Waals surface area (Å²) in [7, 11) is -3.53. The lowest BCUT2D eigenvalue weighted by Crippen LogP contribution is -2.40. The molecule has 0 fully saturated rings. The van der Waals surface area contributed by atoms with Gasteiger partial charge >= 0.3 is 12.1 Å². The van der Waals surface area contributed by atoms with Gasteiger partial charge in [-0.2, -0.15) is 13.2 Å². The van der Waals surface area contributed by atoms with Crippen molar-refractivity contribution in [2.24, 2.45) is 0 Å². The minimum absolute atomic E-state index is 0.0377. The number of hydrogen-bond donors (Lipinski definition) is 2. The van der Waals surface area contributed by atoms with Crippen LogP contribution in [-0.4, -0.2) is 22.2 Å². The molecule has 3 N–H and O–H groups in total. The van der Waals surface area contributed by atoms with Crippen LogP contribution in [0.4, 0.5) is 18.9 Å². The molecule has 1 unspecified atom stereocenters. The Bertz CT molecular complexity index is 520. The van der Waals surface area contributed by atoms with E-state index in [0.717, 1.165) is 0 Å². The second kappa shape index (κ2) is 4.28. The molecule has 94 valence electrons. The third-order valence-electron chi connectivity index (χ3n) is 1.78. The number of anilines is 1. The molecule has 1 aromatic carbocycles. The monoisotopic (exact) mass is 266 g/mol. The molecule has 0 spiro atoms. The first-order valence-corrected chi connectivity index (χ1v) is 5.97. The van der Waals surface area contributed by atoms with Crippen LogP contribution >= 0.6 is 0 Å². The first-order valence-electron chi connectivity index (χ1n) is 4.24. The summed E-state index contributed by atoms with van der Waals surface area (Å²) in [6.45, 7) is 0. The predicted octanol–water partition coefficient (Wildman–Crippen LogP) is 0.938. The van der Waals surface area contributed by atoms with E-state index in [-0.39, 0.29) is 4.90 Å². The number of nitrogens with one attached hydrogen (secondary N) is 1. The van der Waals surface area contributed by atoms with E-state index in [0.29, 0.717) is 5.69 Å². The van der Waals surface area contributed by atoms with E-state index in [1.54, 1.807) is 0 Å².